The Kier molecular flexibility index (Phi) is 4.22. The van der Waals surface area contributed by atoms with Crippen LogP contribution in [0.25, 0.3) is 0 Å². The molecule has 0 bridgehead atoms. The fourth-order valence-corrected chi connectivity index (χ4v) is 1.76. The van der Waals surface area contributed by atoms with E-state index in [1.165, 1.54) is 13.2 Å². The number of phenols is 1. The minimum Gasteiger partial charge on any atom is -0.504 e. The van der Waals surface area contributed by atoms with Gasteiger partial charge in [0.1, 0.15) is 0 Å². The van der Waals surface area contributed by atoms with Gasteiger partial charge in [-0.2, -0.15) is 0 Å². The van der Waals surface area contributed by atoms with Crippen LogP contribution >= 0.6 is 0 Å². The number of carbonyl (C=O) groups excluding carboxylic acids is 1. The van der Waals surface area contributed by atoms with Crippen LogP contribution < -0.4 is 15.8 Å². The fourth-order valence-electron chi connectivity index (χ4n) is 1.76. The second kappa shape index (κ2) is 6.08. The normalized spacial score (nSPS) is 10.1. The lowest BCUT2D eigenvalue weighted by molar-refractivity contribution is 0.102. The zero-order valence-corrected chi connectivity index (χ0v) is 11.1. The first kappa shape index (κ1) is 13.9. The SMILES string of the molecule is COc1ccc(C(=O)Nc2ccc(CN)cc2)cc1O. The second-order valence-electron chi connectivity index (χ2n) is 4.24. The van der Waals surface area contributed by atoms with Gasteiger partial charge in [-0.1, -0.05) is 12.1 Å². The summed E-state index contributed by atoms with van der Waals surface area (Å²) in [5.74, 6) is -0.0454. The van der Waals surface area contributed by atoms with E-state index in [1.54, 1.807) is 24.3 Å². The zero-order valence-electron chi connectivity index (χ0n) is 11.1. The number of ether oxygens (including phenoxy) is 1. The first-order valence-electron chi connectivity index (χ1n) is 6.11. The molecule has 0 spiro atoms. The Bertz CT molecular complexity index is 609. The summed E-state index contributed by atoms with van der Waals surface area (Å²) in [6.45, 7) is 0.459. The molecule has 0 radical (unpaired) electrons. The van der Waals surface area contributed by atoms with Crippen LogP contribution in [-0.2, 0) is 6.54 Å². The van der Waals surface area contributed by atoms with Gasteiger partial charge in [-0.25, -0.2) is 0 Å². The van der Waals surface area contributed by atoms with Gasteiger partial charge >= 0.3 is 0 Å². The number of nitrogens with two attached hydrogens (primary N) is 1. The van der Waals surface area contributed by atoms with Crippen molar-refractivity contribution >= 4 is 11.6 Å². The molecular weight excluding hydrogens is 256 g/mol. The molecule has 0 aliphatic rings. The topological polar surface area (TPSA) is 84.6 Å². The third-order valence-corrected chi connectivity index (χ3v) is 2.89. The maximum absolute atomic E-state index is 12.0. The lowest BCUT2D eigenvalue weighted by atomic mass is 10.1. The van der Waals surface area contributed by atoms with Gasteiger partial charge in [0.15, 0.2) is 11.5 Å². The maximum atomic E-state index is 12.0. The predicted octanol–water partition coefficient (Wildman–Crippen LogP) is 2.11. The highest BCUT2D eigenvalue weighted by molar-refractivity contribution is 6.04. The van der Waals surface area contributed by atoms with Crippen LogP contribution in [0.1, 0.15) is 15.9 Å². The third-order valence-electron chi connectivity index (χ3n) is 2.89. The van der Waals surface area contributed by atoms with Crippen molar-refractivity contribution in [2.24, 2.45) is 5.73 Å². The van der Waals surface area contributed by atoms with Gasteiger partial charge in [0.2, 0.25) is 0 Å². The number of benzene rings is 2. The second-order valence-corrected chi connectivity index (χ2v) is 4.24. The number of anilines is 1. The summed E-state index contributed by atoms with van der Waals surface area (Å²) < 4.78 is 4.93. The molecule has 0 heterocycles. The zero-order chi connectivity index (χ0) is 14.5. The largest absolute Gasteiger partial charge is 0.504 e. The molecule has 5 nitrogen and oxygen atoms in total. The average Bonchev–Trinajstić information content (AvgIpc) is 2.48. The number of aromatic hydroxyl groups is 1. The van der Waals surface area contributed by atoms with Crippen molar-refractivity contribution < 1.29 is 14.6 Å². The lowest BCUT2D eigenvalue weighted by Crippen LogP contribution is -2.11. The number of phenolic OH excluding ortho intramolecular Hbond substituents is 1. The van der Waals surface area contributed by atoms with Gasteiger partial charge in [0, 0.05) is 17.8 Å². The van der Waals surface area contributed by atoms with Gasteiger partial charge in [-0.3, -0.25) is 4.79 Å². The van der Waals surface area contributed by atoms with Crippen molar-refractivity contribution in [3.63, 3.8) is 0 Å². The molecule has 104 valence electrons. The van der Waals surface area contributed by atoms with E-state index in [0.717, 1.165) is 5.56 Å². The minimum absolute atomic E-state index is 0.0707. The number of amides is 1. The average molecular weight is 272 g/mol. The Morgan fingerprint density at radius 1 is 1.25 bits per heavy atom. The molecule has 2 aromatic carbocycles. The fraction of sp³-hybridized carbons (Fsp3) is 0.133. The van der Waals surface area contributed by atoms with E-state index in [2.05, 4.69) is 5.32 Å². The molecule has 0 saturated heterocycles. The molecule has 2 aromatic rings. The van der Waals surface area contributed by atoms with Crippen LogP contribution in [0, 0.1) is 0 Å². The highest BCUT2D eigenvalue weighted by Gasteiger charge is 2.09. The smallest absolute Gasteiger partial charge is 0.255 e. The van der Waals surface area contributed by atoms with Crippen LogP contribution in [0.3, 0.4) is 0 Å². The van der Waals surface area contributed by atoms with Crippen LogP contribution in [0.15, 0.2) is 42.5 Å². The van der Waals surface area contributed by atoms with Gasteiger partial charge in [-0.15, -0.1) is 0 Å². The molecule has 2 rings (SSSR count). The maximum Gasteiger partial charge on any atom is 0.255 e. The predicted molar refractivity (Wildman–Crippen MR) is 76.9 cm³/mol. The van der Waals surface area contributed by atoms with E-state index in [-0.39, 0.29) is 11.7 Å². The number of rotatable bonds is 4. The van der Waals surface area contributed by atoms with Crippen LogP contribution in [-0.4, -0.2) is 18.1 Å². The number of nitrogens with one attached hydrogen (secondary N) is 1. The first-order chi connectivity index (χ1) is 9.63. The Morgan fingerprint density at radius 2 is 1.95 bits per heavy atom. The molecule has 0 fully saturated rings. The molecule has 1 amide bonds. The Morgan fingerprint density at radius 3 is 2.50 bits per heavy atom. The van der Waals surface area contributed by atoms with Crippen molar-refractivity contribution in [1.29, 1.82) is 0 Å². The molecule has 0 unspecified atom stereocenters. The van der Waals surface area contributed by atoms with E-state index in [0.29, 0.717) is 23.5 Å². The van der Waals surface area contributed by atoms with E-state index in [9.17, 15) is 9.90 Å². The van der Waals surface area contributed by atoms with E-state index in [1.807, 2.05) is 12.1 Å². The third kappa shape index (κ3) is 3.07. The molecule has 0 saturated carbocycles. The Balaban J connectivity index is 2.12. The molecule has 0 aromatic heterocycles. The summed E-state index contributed by atoms with van der Waals surface area (Å²) in [5, 5.41) is 12.4. The molecule has 0 aliphatic carbocycles. The van der Waals surface area contributed by atoms with E-state index in [4.69, 9.17) is 10.5 Å². The van der Waals surface area contributed by atoms with Gasteiger partial charge < -0.3 is 20.9 Å². The summed E-state index contributed by atoms with van der Waals surface area (Å²) in [6.07, 6.45) is 0. The van der Waals surface area contributed by atoms with Crippen molar-refractivity contribution in [3.05, 3.63) is 53.6 Å². The molecule has 5 heteroatoms. The monoisotopic (exact) mass is 272 g/mol. The van der Waals surface area contributed by atoms with Gasteiger partial charge in [0.05, 0.1) is 7.11 Å². The van der Waals surface area contributed by atoms with Gasteiger partial charge in [0.25, 0.3) is 5.91 Å². The number of carbonyl (C=O) groups is 1. The van der Waals surface area contributed by atoms with Crippen LogP contribution in [0.2, 0.25) is 0 Å². The molecular formula is C15H16N2O3. The number of hydrogen-bond donors (Lipinski definition) is 3. The quantitative estimate of drug-likeness (QED) is 0.795. The van der Waals surface area contributed by atoms with Crippen molar-refractivity contribution in [3.8, 4) is 11.5 Å². The van der Waals surface area contributed by atoms with Gasteiger partial charge in [-0.05, 0) is 35.9 Å². The number of hydrogen-bond acceptors (Lipinski definition) is 4. The highest BCUT2D eigenvalue weighted by Crippen LogP contribution is 2.26. The molecule has 0 atom stereocenters. The van der Waals surface area contributed by atoms with Crippen molar-refractivity contribution in [2.75, 3.05) is 12.4 Å². The van der Waals surface area contributed by atoms with E-state index >= 15 is 0 Å². The molecule has 0 aliphatic heterocycles. The summed E-state index contributed by atoms with van der Waals surface area (Å²) in [5.41, 5.74) is 7.52. The Labute approximate surface area is 117 Å². The summed E-state index contributed by atoms with van der Waals surface area (Å²) >= 11 is 0. The molecule has 4 N–H and O–H groups in total. The van der Waals surface area contributed by atoms with Crippen molar-refractivity contribution in [1.82, 2.24) is 0 Å². The Hall–Kier alpha value is -2.53. The standard InChI is InChI=1S/C15H16N2O3/c1-20-14-7-4-11(8-13(14)18)15(19)17-12-5-2-10(9-16)3-6-12/h2-8,18H,9,16H2,1H3,(H,17,19). The highest BCUT2D eigenvalue weighted by atomic mass is 16.5. The summed E-state index contributed by atoms with van der Waals surface area (Å²) in [6, 6.07) is 11.8. The minimum atomic E-state index is -0.302. The lowest BCUT2D eigenvalue weighted by Gasteiger charge is -2.08. The molecule has 20 heavy (non-hydrogen) atoms. The van der Waals surface area contributed by atoms with Crippen LogP contribution in [0.5, 0.6) is 11.5 Å². The summed E-state index contributed by atoms with van der Waals surface area (Å²) in [7, 11) is 1.45. The number of methoxy groups -OCH3 is 1. The van der Waals surface area contributed by atoms with Crippen LogP contribution in [0.4, 0.5) is 5.69 Å². The van der Waals surface area contributed by atoms with E-state index < -0.39 is 0 Å². The summed E-state index contributed by atoms with van der Waals surface area (Å²) in [4.78, 5) is 12.0. The van der Waals surface area contributed by atoms with Crippen molar-refractivity contribution in [2.45, 2.75) is 6.54 Å². The first-order valence-corrected chi connectivity index (χ1v) is 6.11.